The van der Waals surface area contributed by atoms with E-state index in [4.69, 9.17) is 4.74 Å². The predicted molar refractivity (Wildman–Crippen MR) is 105 cm³/mol. The molecule has 1 fully saturated rings. The zero-order chi connectivity index (χ0) is 18.9. The van der Waals surface area contributed by atoms with Gasteiger partial charge < -0.3 is 19.8 Å². The van der Waals surface area contributed by atoms with Crippen LogP contribution in [0.3, 0.4) is 0 Å². The second-order valence-electron chi connectivity index (χ2n) is 6.17. The molecule has 1 saturated heterocycles. The Balaban J connectivity index is 1.88. The number of benzene rings is 1. The number of aliphatic hydroxyl groups is 2. The van der Waals surface area contributed by atoms with Crippen LogP contribution in [0, 0.1) is 11.3 Å². The maximum atomic E-state index is 9.65. The average molecular weight is 378 g/mol. The number of nitrogens with zero attached hydrogens (tertiary/aromatic N) is 2. The molecule has 142 valence electrons. The summed E-state index contributed by atoms with van der Waals surface area (Å²) in [4.78, 5) is 2.81. The van der Waals surface area contributed by atoms with E-state index in [1.807, 2.05) is 18.2 Å². The van der Waals surface area contributed by atoms with Gasteiger partial charge in [0.25, 0.3) is 0 Å². The van der Waals surface area contributed by atoms with E-state index >= 15 is 0 Å². The summed E-state index contributed by atoms with van der Waals surface area (Å²) < 4.78 is 8.45. The van der Waals surface area contributed by atoms with Gasteiger partial charge in [-0.15, -0.1) is 0 Å². The lowest BCUT2D eigenvalue weighted by atomic mass is 10.1. The van der Waals surface area contributed by atoms with Crippen LogP contribution in [-0.2, 0) is 4.74 Å². The van der Waals surface area contributed by atoms with E-state index < -0.39 is 12.4 Å². The van der Waals surface area contributed by atoms with E-state index in [-0.39, 0.29) is 12.5 Å². The van der Waals surface area contributed by atoms with Gasteiger partial charge in [-0.05, 0) is 49.6 Å². The van der Waals surface area contributed by atoms with Gasteiger partial charge >= 0.3 is 0 Å². The van der Waals surface area contributed by atoms with Crippen LogP contribution < -0.4 is 9.62 Å². The molecule has 6 nitrogen and oxygen atoms in total. The highest BCUT2D eigenvalue weighted by Gasteiger charge is 2.26. The summed E-state index contributed by atoms with van der Waals surface area (Å²) in [5.41, 5.74) is 2.13. The predicted octanol–water partition coefficient (Wildman–Crippen LogP) is 2.49. The minimum atomic E-state index is -0.925. The van der Waals surface area contributed by atoms with E-state index in [0.717, 1.165) is 18.7 Å². The Bertz CT molecular complexity index is 616. The molecule has 0 spiro atoms. The lowest BCUT2D eigenvalue weighted by Crippen LogP contribution is -2.39. The summed E-state index contributed by atoms with van der Waals surface area (Å²) in [6.07, 6.45) is 0.806. The molecule has 1 heterocycles. The smallest absolute Gasteiger partial charge is 0.157 e. The molecule has 0 aliphatic carbocycles. The second-order valence-corrected chi connectivity index (χ2v) is 7.11. The molecule has 0 radical (unpaired) electrons. The average Bonchev–Trinajstić information content (AvgIpc) is 2.62. The van der Waals surface area contributed by atoms with Gasteiger partial charge in [-0.25, -0.2) is 0 Å². The minimum absolute atomic E-state index is 0.247. The van der Waals surface area contributed by atoms with Crippen LogP contribution in [-0.4, -0.2) is 48.3 Å². The Morgan fingerprint density at radius 3 is 2.58 bits per heavy atom. The SMILES string of the molecule is CCN(CC)c1ccc(/C=C(\C#N)SNCC2CC(O)CC(O)O2)cc1. The van der Waals surface area contributed by atoms with E-state index in [1.165, 1.54) is 17.6 Å². The largest absolute Gasteiger partial charge is 0.393 e. The first-order chi connectivity index (χ1) is 12.5. The summed E-state index contributed by atoms with van der Waals surface area (Å²) in [6, 6.07) is 10.3. The highest BCUT2D eigenvalue weighted by molar-refractivity contribution is 8.01. The van der Waals surface area contributed by atoms with E-state index in [2.05, 4.69) is 41.7 Å². The summed E-state index contributed by atoms with van der Waals surface area (Å²) in [7, 11) is 0. The number of anilines is 1. The van der Waals surface area contributed by atoms with Gasteiger partial charge in [0.2, 0.25) is 0 Å². The third-order valence-corrected chi connectivity index (χ3v) is 5.02. The van der Waals surface area contributed by atoms with Crippen molar-refractivity contribution >= 4 is 23.7 Å². The van der Waals surface area contributed by atoms with Crippen LogP contribution >= 0.6 is 11.9 Å². The molecule has 1 aromatic carbocycles. The maximum Gasteiger partial charge on any atom is 0.157 e. The molecular weight excluding hydrogens is 350 g/mol. The van der Waals surface area contributed by atoms with Crippen molar-refractivity contribution in [2.45, 2.75) is 45.2 Å². The van der Waals surface area contributed by atoms with Crippen molar-refractivity contribution in [3.63, 3.8) is 0 Å². The lowest BCUT2D eigenvalue weighted by molar-refractivity contribution is -0.186. The Hall–Kier alpha value is -1.56. The number of rotatable bonds is 8. The van der Waals surface area contributed by atoms with Crippen LogP contribution in [0.25, 0.3) is 6.08 Å². The molecular formula is C19H27N3O3S. The minimum Gasteiger partial charge on any atom is -0.393 e. The van der Waals surface area contributed by atoms with Gasteiger partial charge in [-0.2, -0.15) is 5.26 Å². The zero-order valence-corrected chi connectivity index (χ0v) is 16.1. The highest BCUT2D eigenvalue weighted by Crippen LogP contribution is 2.21. The van der Waals surface area contributed by atoms with Crippen LogP contribution in [0.15, 0.2) is 29.2 Å². The van der Waals surface area contributed by atoms with Crippen molar-refractivity contribution in [2.75, 3.05) is 24.5 Å². The van der Waals surface area contributed by atoms with Crippen molar-refractivity contribution in [1.29, 1.82) is 5.26 Å². The van der Waals surface area contributed by atoms with Gasteiger partial charge in [0.15, 0.2) is 6.29 Å². The molecule has 0 aromatic heterocycles. The number of hydrogen-bond donors (Lipinski definition) is 3. The molecule has 1 aliphatic rings. The Morgan fingerprint density at radius 2 is 2.00 bits per heavy atom. The van der Waals surface area contributed by atoms with Gasteiger partial charge in [-0.3, -0.25) is 4.72 Å². The topological polar surface area (TPSA) is 88.8 Å². The summed E-state index contributed by atoms with van der Waals surface area (Å²) in [6.45, 7) is 6.62. The molecule has 1 aromatic rings. The first-order valence-corrected chi connectivity index (χ1v) is 9.75. The number of hydrogen-bond acceptors (Lipinski definition) is 7. The molecule has 3 unspecified atom stereocenters. The molecule has 0 amide bonds. The van der Waals surface area contributed by atoms with Gasteiger partial charge in [-0.1, -0.05) is 12.1 Å². The maximum absolute atomic E-state index is 9.65. The van der Waals surface area contributed by atoms with Crippen LogP contribution in [0.1, 0.15) is 32.3 Å². The molecule has 3 N–H and O–H groups in total. The van der Waals surface area contributed by atoms with Crippen molar-refractivity contribution in [3.05, 3.63) is 34.7 Å². The number of ether oxygens (including phenoxy) is 1. The van der Waals surface area contributed by atoms with E-state index in [1.54, 1.807) is 0 Å². The fraction of sp³-hybridized carbons (Fsp3) is 0.526. The Morgan fingerprint density at radius 1 is 1.31 bits per heavy atom. The standard InChI is InChI=1S/C19H27N3O3S/c1-3-22(4-2)15-7-5-14(6-8-15)9-18(12-20)26-21-13-17-10-16(23)11-19(24)25-17/h5-9,16-17,19,21,23-24H,3-4,10-11,13H2,1-2H3/b18-9+. The fourth-order valence-corrected chi connectivity index (χ4v) is 3.58. The zero-order valence-electron chi connectivity index (χ0n) is 15.3. The summed E-state index contributed by atoms with van der Waals surface area (Å²) in [5.74, 6) is 0. The highest BCUT2D eigenvalue weighted by atomic mass is 32.2. The number of aliphatic hydroxyl groups excluding tert-OH is 2. The molecule has 2 rings (SSSR count). The molecule has 26 heavy (non-hydrogen) atoms. The van der Waals surface area contributed by atoms with Gasteiger partial charge in [0, 0.05) is 38.2 Å². The Labute approximate surface area is 159 Å². The lowest BCUT2D eigenvalue weighted by Gasteiger charge is -2.30. The number of nitriles is 1. The molecule has 0 bridgehead atoms. The first kappa shape index (κ1) is 20.7. The first-order valence-electron chi connectivity index (χ1n) is 8.93. The quantitative estimate of drug-likeness (QED) is 0.474. The molecule has 7 heteroatoms. The monoisotopic (exact) mass is 377 g/mol. The normalized spacial score (nSPS) is 23.5. The Kier molecular flexibility index (Phi) is 8.42. The molecule has 1 aliphatic heterocycles. The second kappa shape index (κ2) is 10.6. The number of nitrogens with one attached hydrogen (secondary N) is 1. The van der Waals surface area contributed by atoms with E-state index in [0.29, 0.717) is 17.9 Å². The van der Waals surface area contributed by atoms with Gasteiger partial charge in [0.1, 0.15) is 11.0 Å². The summed E-state index contributed by atoms with van der Waals surface area (Å²) >= 11 is 1.23. The fourth-order valence-electron chi connectivity index (χ4n) is 2.92. The van der Waals surface area contributed by atoms with Crippen molar-refractivity contribution < 1.29 is 14.9 Å². The van der Waals surface area contributed by atoms with Crippen molar-refractivity contribution in [3.8, 4) is 6.07 Å². The van der Waals surface area contributed by atoms with Crippen molar-refractivity contribution in [2.24, 2.45) is 0 Å². The summed E-state index contributed by atoms with van der Waals surface area (Å²) in [5, 5.41) is 28.5. The third kappa shape index (κ3) is 6.31. The molecule has 0 saturated carbocycles. The number of allylic oxidation sites excluding steroid dienone is 1. The molecule has 3 atom stereocenters. The van der Waals surface area contributed by atoms with Crippen LogP contribution in [0.4, 0.5) is 5.69 Å². The van der Waals surface area contributed by atoms with Crippen LogP contribution in [0.2, 0.25) is 0 Å². The third-order valence-electron chi connectivity index (χ3n) is 4.28. The van der Waals surface area contributed by atoms with E-state index in [9.17, 15) is 15.5 Å². The van der Waals surface area contributed by atoms with Crippen molar-refractivity contribution in [1.82, 2.24) is 4.72 Å². The van der Waals surface area contributed by atoms with Crippen LogP contribution in [0.5, 0.6) is 0 Å². The van der Waals surface area contributed by atoms with Gasteiger partial charge in [0.05, 0.1) is 12.2 Å².